The van der Waals surface area contributed by atoms with Crippen molar-refractivity contribution in [3.05, 3.63) is 29.3 Å². The fourth-order valence-electron chi connectivity index (χ4n) is 2.87. The van der Waals surface area contributed by atoms with Gasteiger partial charge >= 0.3 is 6.03 Å². The maximum Gasteiger partial charge on any atom is 0.319 e. The molecule has 0 unspecified atom stereocenters. The molecule has 1 aromatic rings. The van der Waals surface area contributed by atoms with E-state index in [1.807, 2.05) is 24.4 Å². The number of nitrogens with one attached hydrogen (secondary N) is 2. The average Bonchev–Trinajstić information content (AvgIpc) is 2.92. The van der Waals surface area contributed by atoms with Gasteiger partial charge in [-0.2, -0.15) is 0 Å². The summed E-state index contributed by atoms with van der Waals surface area (Å²) in [5, 5.41) is 6.04. The lowest BCUT2D eigenvalue weighted by Gasteiger charge is -2.17. The maximum absolute atomic E-state index is 12.0. The van der Waals surface area contributed by atoms with Gasteiger partial charge in [0, 0.05) is 24.5 Å². The lowest BCUT2D eigenvalue weighted by molar-refractivity contribution is 0.248. The van der Waals surface area contributed by atoms with Gasteiger partial charge in [-0.25, -0.2) is 4.79 Å². The SMILES string of the molecule is O=C(Nc1cccc2c1CCN=C2)NC1CCCC1. The smallest absolute Gasteiger partial charge is 0.319 e. The van der Waals surface area contributed by atoms with Crippen LogP contribution in [0.3, 0.4) is 0 Å². The largest absolute Gasteiger partial charge is 0.335 e. The van der Waals surface area contributed by atoms with Crippen LogP contribution >= 0.6 is 0 Å². The Labute approximate surface area is 113 Å². The highest BCUT2D eigenvalue weighted by Gasteiger charge is 2.18. The molecule has 19 heavy (non-hydrogen) atoms. The van der Waals surface area contributed by atoms with Crippen LogP contribution in [-0.4, -0.2) is 24.8 Å². The van der Waals surface area contributed by atoms with Gasteiger partial charge in [-0.15, -0.1) is 0 Å². The van der Waals surface area contributed by atoms with Crippen molar-refractivity contribution in [1.82, 2.24) is 5.32 Å². The van der Waals surface area contributed by atoms with Gasteiger partial charge in [-0.05, 0) is 36.5 Å². The third-order valence-corrected chi connectivity index (χ3v) is 3.87. The monoisotopic (exact) mass is 257 g/mol. The molecule has 1 heterocycles. The van der Waals surface area contributed by atoms with E-state index in [-0.39, 0.29) is 6.03 Å². The molecule has 0 atom stereocenters. The first-order valence-electron chi connectivity index (χ1n) is 7.02. The van der Waals surface area contributed by atoms with Crippen LogP contribution in [0.15, 0.2) is 23.2 Å². The summed E-state index contributed by atoms with van der Waals surface area (Å²) >= 11 is 0. The number of carbonyl (C=O) groups excluding carboxylic acids is 1. The van der Waals surface area contributed by atoms with Gasteiger partial charge in [0.25, 0.3) is 0 Å². The second-order valence-corrected chi connectivity index (χ2v) is 5.24. The number of nitrogens with zero attached hydrogens (tertiary/aromatic N) is 1. The minimum atomic E-state index is -0.0807. The molecule has 4 nitrogen and oxygen atoms in total. The zero-order chi connectivity index (χ0) is 13.1. The number of fused-ring (bicyclic) bond motifs is 1. The Bertz CT molecular complexity index is 504. The van der Waals surface area contributed by atoms with E-state index in [1.54, 1.807) is 0 Å². The number of aliphatic imine (C=N–C) groups is 1. The molecule has 0 saturated heterocycles. The molecule has 3 rings (SSSR count). The van der Waals surface area contributed by atoms with Crippen molar-refractivity contribution in [2.24, 2.45) is 4.99 Å². The van der Waals surface area contributed by atoms with Gasteiger partial charge in [0.2, 0.25) is 0 Å². The predicted molar refractivity (Wildman–Crippen MR) is 77.0 cm³/mol. The van der Waals surface area contributed by atoms with Gasteiger partial charge in [0.05, 0.1) is 0 Å². The molecule has 2 amide bonds. The van der Waals surface area contributed by atoms with Crippen LogP contribution in [0.5, 0.6) is 0 Å². The normalized spacial score (nSPS) is 18.1. The molecule has 2 aliphatic rings. The fraction of sp³-hybridized carbons (Fsp3) is 0.467. The van der Waals surface area contributed by atoms with E-state index < -0.39 is 0 Å². The summed E-state index contributed by atoms with van der Waals surface area (Å²) in [4.78, 5) is 16.3. The Hall–Kier alpha value is -1.84. The van der Waals surface area contributed by atoms with E-state index in [4.69, 9.17) is 0 Å². The van der Waals surface area contributed by atoms with Crippen LogP contribution in [0.25, 0.3) is 0 Å². The van der Waals surface area contributed by atoms with Gasteiger partial charge in [-0.3, -0.25) is 4.99 Å². The second kappa shape index (κ2) is 5.43. The molecule has 2 N–H and O–H groups in total. The maximum atomic E-state index is 12.0. The zero-order valence-corrected chi connectivity index (χ0v) is 11.0. The van der Waals surface area contributed by atoms with E-state index in [1.165, 1.54) is 18.4 Å². The standard InChI is InChI=1S/C15H19N3O/c19-15(17-12-5-1-2-6-12)18-14-7-3-4-11-10-16-9-8-13(11)14/h3-4,7,10,12H,1-2,5-6,8-9H2,(H2,17,18,19). The van der Waals surface area contributed by atoms with Crippen LogP contribution < -0.4 is 10.6 Å². The molecule has 0 radical (unpaired) electrons. The summed E-state index contributed by atoms with van der Waals surface area (Å²) in [7, 11) is 0. The van der Waals surface area contributed by atoms with E-state index in [0.717, 1.165) is 37.1 Å². The third-order valence-electron chi connectivity index (χ3n) is 3.87. The highest BCUT2D eigenvalue weighted by atomic mass is 16.2. The Morgan fingerprint density at radius 1 is 1.26 bits per heavy atom. The first-order valence-corrected chi connectivity index (χ1v) is 7.02. The van der Waals surface area contributed by atoms with E-state index >= 15 is 0 Å². The first-order chi connectivity index (χ1) is 9.33. The predicted octanol–water partition coefficient (Wildman–Crippen LogP) is 2.73. The lowest BCUT2D eigenvalue weighted by atomic mass is 10.0. The van der Waals surface area contributed by atoms with Crippen LogP contribution in [0.4, 0.5) is 10.5 Å². The van der Waals surface area contributed by atoms with E-state index in [0.29, 0.717) is 6.04 Å². The number of amides is 2. The van der Waals surface area contributed by atoms with E-state index in [9.17, 15) is 4.79 Å². The molecule has 0 spiro atoms. The van der Waals surface area contributed by atoms with Crippen LogP contribution in [0.2, 0.25) is 0 Å². The number of hydrogen-bond donors (Lipinski definition) is 2. The van der Waals surface area contributed by atoms with Gasteiger partial charge in [0.15, 0.2) is 0 Å². The number of anilines is 1. The van der Waals surface area contributed by atoms with Crippen LogP contribution in [0, 0.1) is 0 Å². The van der Waals surface area contributed by atoms with Crippen molar-refractivity contribution in [2.75, 3.05) is 11.9 Å². The molecule has 0 bridgehead atoms. The van der Waals surface area contributed by atoms with Crippen molar-refractivity contribution >= 4 is 17.9 Å². The molecule has 100 valence electrons. The van der Waals surface area contributed by atoms with Crippen LogP contribution in [0.1, 0.15) is 36.8 Å². The summed E-state index contributed by atoms with van der Waals surface area (Å²) in [6.45, 7) is 0.802. The van der Waals surface area contributed by atoms with E-state index in [2.05, 4.69) is 15.6 Å². The third kappa shape index (κ3) is 2.78. The van der Waals surface area contributed by atoms with Crippen molar-refractivity contribution in [3.63, 3.8) is 0 Å². The number of hydrogen-bond acceptors (Lipinski definition) is 2. The Morgan fingerprint density at radius 2 is 2.11 bits per heavy atom. The molecular formula is C15H19N3O. The van der Waals surface area contributed by atoms with Crippen molar-refractivity contribution in [3.8, 4) is 0 Å². The van der Waals surface area contributed by atoms with Crippen molar-refractivity contribution < 1.29 is 4.79 Å². The second-order valence-electron chi connectivity index (χ2n) is 5.24. The quantitative estimate of drug-likeness (QED) is 0.841. The highest BCUT2D eigenvalue weighted by molar-refractivity contribution is 5.93. The minimum Gasteiger partial charge on any atom is -0.335 e. The summed E-state index contributed by atoms with van der Waals surface area (Å²) in [5.41, 5.74) is 3.23. The van der Waals surface area contributed by atoms with Gasteiger partial charge in [-0.1, -0.05) is 25.0 Å². The summed E-state index contributed by atoms with van der Waals surface area (Å²) < 4.78 is 0. The molecule has 0 aromatic heterocycles. The number of urea groups is 1. The van der Waals surface area contributed by atoms with Crippen molar-refractivity contribution in [1.29, 1.82) is 0 Å². The van der Waals surface area contributed by atoms with Crippen LogP contribution in [-0.2, 0) is 6.42 Å². The topological polar surface area (TPSA) is 53.5 Å². The van der Waals surface area contributed by atoms with Gasteiger partial charge < -0.3 is 10.6 Å². The lowest BCUT2D eigenvalue weighted by Crippen LogP contribution is -2.36. The van der Waals surface area contributed by atoms with Gasteiger partial charge in [0.1, 0.15) is 0 Å². The zero-order valence-electron chi connectivity index (χ0n) is 11.0. The average molecular weight is 257 g/mol. The summed E-state index contributed by atoms with van der Waals surface area (Å²) in [6.07, 6.45) is 7.44. The Morgan fingerprint density at radius 3 is 2.95 bits per heavy atom. The first kappa shape index (κ1) is 12.2. The summed E-state index contributed by atoms with van der Waals surface area (Å²) in [5.74, 6) is 0. The minimum absolute atomic E-state index is 0.0807. The molecule has 4 heteroatoms. The fourth-order valence-corrected chi connectivity index (χ4v) is 2.87. The van der Waals surface area contributed by atoms with Crippen molar-refractivity contribution in [2.45, 2.75) is 38.1 Å². The molecule has 1 fully saturated rings. The number of benzene rings is 1. The Balaban J connectivity index is 1.69. The number of carbonyl (C=O) groups is 1. The molecule has 1 aromatic carbocycles. The Kier molecular flexibility index (Phi) is 3.49. The molecule has 1 aliphatic carbocycles. The molecular weight excluding hydrogens is 238 g/mol. The summed E-state index contributed by atoms with van der Waals surface area (Å²) in [6, 6.07) is 6.23. The highest BCUT2D eigenvalue weighted by Crippen LogP contribution is 2.22. The number of rotatable bonds is 2. The molecule has 1 aliphatic heterocycles. The molecule has 1 saturated carbocycles.